The molecule has 0 saturated carbocycles. The Kier molecular flexibility index (Phi) is 5.03. The topological polar surface area (TPSA) is 38.1 Å². The van der Waals surface area contributed by atoms with Crippen LogP contribution < -0.4 is 4.90 Å². The van der Waals surface area contributed by atoms with E-state index in [4.69, 9.17) is 0 Å². The fraction of sp³-hybridized carbons (Fsp3) is 0.273. The Morgan fingerprint density at radius 1 is 1.15 bits per heavy atom. The SMILES string of the molecule is Cc1ccc(-c2cnc(SCC(=O)N3CCCc4ccccc43)n2C)cc1. The van der Waals surface area contributed by atoms with Gasteiger partial charge in [-0.15, -0.1) is 0 Å². The molecule has 0 radical (unpaired) electrons. The molecule has 0 spiro atoms. The lowest BCUT2D eigenvalue weighted by Crippen LogP contribution is -2.36. The van der Waals surface area contributed by atoms with Crippen molar-refractivity contribution in [3.8, 4) is 11.3 Å². The zero-order valence-corrected chi connectivity index (χ0v) is 16.5. The summed E-state index contributed by atoms with van der Waals surface area (Å²) in [6.45, 7) is 2.88. The summed E-state index contributed by atoms with van der Waals surface area (Å²) in [5.41, 5.74) is 5.77. The van der Waals surface area contributed by atoms with Crippen molar-refractivity contribution in [2.24, 2.45) is 7.05 Å². The molecule has 1 aliphatic rings. The van der Waals surface area contributed by atoms with Gasteiger partial charge in [-0.25, -0.2) is 4.98 Å². The minimum absolute atomic E-state index is 0.145. The van der Waals surface area contributed by atoms with E-state index in [0.717, 1.165) is 41.5 Å². The number of thioether (sulfide) groups is 1. The van der Waals surface area contributed by atoms with E-state index in [2.05, 4.69) is 46.8 Å². The summed E-state index contributed by atoms with van der Waals surface area (Å²) in [5, 5.41) is 0.865. The van der Waals surface area contributed by atoms with Crippen LogP contribution in [-0.2, 0) is 18.3 Å². The molecule has 2 heterocycles. The van der Waals surface area contributed by atoms with Crippen LogP contribution in [0.4, 0.5) is 5.69 Å². The quantitative estimate of drug-likeness (QED) is 0.630. The van der Waals surface area contributed by atoms with Crippen LogP contribution in [-0.4, -0.2) is 27.8 Å². The molecule has 3 aromatic rings. The van der Waals surface area contributed by atoms with E-state index in [1.165, 1.54) is 22.9 Å². The fourth-order valence-corrected chi connectivity index (χ4v) is 4.34. The summed E-state index contributed by atoms with van der Waals surface area (Å²) in [6, 6.07) is 16.6. The van der Waals surface area contributed by atoms with Crippen molar-refractivity contribution >= 4 is 23.4 Å². The third-order valence-electron chi connectivity index (χ3n) is 5.03. The molecule has 4 rings (SSSR count). The number of hydrogen-bond donors (Lipinski definition) is 0. The third kappa shape index (κ3) is 3.65. The molecular weight excluding hydrogens is 354 g/mol. The second-order valence-electron chi connectivity index (χ2n) is 6.92. The van der Waals surface area contributed by atoms with Gasteiger partial charge in [-0.1, -0.05) is 59.8 Å². The molecule has 0 aliphatic carbocycles. The maximum absolute atomic E-state index is 12.8. The Balaban J connectivity index is 1.47. The predicted molar refractivity (Wildman–Crippen MR) is 111 cm³/mol. The second kappa shape index (κ2) is 7.61. The van der Waals surface area contributed by atoms with Gasteiger partial charge in [0.25, 0.3) is 0 Å². The first-order valence-corrected chi connectivity index (χ1v) is 10.2. The van der Waals surface area contributed by atoms with Crippen LogP contribution in [0.5, 0.6) is 0 Å². The molecule has 0 N–H and O–H groups in total. The summed E-state index contributed by atoms with van der Waals surface area (Å²) < 4.78 is 2.06. The van der Waals surface area contributed by atoms with Crippen LogP contribution in [0.2, 0.25) is 0 Å². The monoisotopic (exact) mass is 377 g/mol. The number of fused-ring (bicyclic) bond motifs is 1. The molecule has 0 atom stereocenters. The van der Waals surface area contributed by atoms with E-state index in [-0.39, 0.29) is 5.91 Å². The molecule has 27 heavy (non-hydrogen) atoms. The van der Waals surface area contributed by atoms with Crippen LogP contribution in [0, 0.1) is 6.92 Å². The first-order chi connectivity index (χ1) is 13.1. The van der Waals surface area contributed by atoms with Gasteiger partial charge in [0.2, 0.25) is 5.91 Å². The summed E-state index contributed by atoms with van der Waals surface area (Å²) in [7, 11) is 2.01. The van der Waals surface area contributed by atoms with E-state index in [0.29, 0.717) is 5.75 Å². The smallest absolute Gasteiger partial charge is 0.237 e. The van der Waals surface area contributed by atoms with Gasteiger partial charge < -0.3 is 9.47 Å². The number of para-hydroxylation sites is 1. The number of carbonyl (C=O) groups excluding carboxylic acids is 1. The molecule has 138 valence electrons. The van der Waals surface area contributed by atoms with Crippen molar-refractivity contribution in [2.45, 2.75) is 24.9 Å². The van der Waals surface area contributed by atoms with Crippen molar-refractivity contribution in [1.82, 2.24) is 9.55 Å². The fourth-order valence-electron chi connectivity index (χ4n) is 3.52. The van der Waals surface area contributed by atoms with Crippen molar-refractivity contribution in [2.75, 3.05) is 17.2 Å². The van der Waals surface area contributed by atoms with E-state index in [1.54, 1.807) is 0 Å². The number of rotatable bonds is 4. The Morgan fingerprint density at radius 2 is 1.93 bits per heavy atom. The highest BCUT2D eigenvalue weighted by Gasteiger charge is 2.22. The number of nitrogens with zero attached hydrogens (tertiary/aromatic N) is 3. The van der Waals surface area contributed by atoms with Gasteiger partial charge in [-0.2, -0.15) is 0 Å². The maximum atomic E-state index is 12.8. The molecule has 1 aromatic heterocycles. The van der Waals surface area contributed by atoms with Gasteiger partial charge in [0.05, 0.1) is 17.6 Å². The van der Waals surface area contributed by atoms with Crippen LogP contribution >= 0.6 is 11.8 Å². The maximum Gasteiger partial charge on any atom is 0.237 e. The highest BCUT2D eigenvalue weighted by molar-refractivity contribution is 7.99. The Labute approximate surface area is 164 Å². The zero-order valence-electron chi connectivity index (χ0n) is 15.7. The summed E-state index contributed by atoms with van der Waals surface area (Å²) in [4.78, 5) is 19.3. The number of aryl methyl sites for hydroxylation is 2. The van der Waals surface area contributed by atoms with Gasteiger partial charge in [0, 0.05) is 19.3 Å². The van der Waals surface area contributed by atoms with Gasteiger partial charge >= 0.3 is 0 Å². The zero-order chi connectivity index (χ0) is 18.8. The van der Waals surface area contributed by atoms with Crippen molar-refractivity contribution < 1.29 is 4.79 Å². The minimum Gasteiger partial charge on any atom is -0.322 e. The summed E-state index contributed by atoms with van der Waals surface area (Å²) >= 11 is 1.50. The Hall–Kier alpha value is -2.53. The third-order valence-corrected chi connectivity index (χ3v) is 6.06. The van der Waals surface area contributed by atoms with Crippen LogP contribution in [0.1, 0.15) is 17.5 Å². The van der Waals surface area contributed by atoms with Crippen molar-refractivity contribution in [3.05, 3.63) is 65.9 Å². The Bertz CT molecular complexity index is 962. The molecule has 0 fully saturated rings. The average molecular weight is 378 g/mol. The van der Waals surface area contributed by atoms with Crippen LogP contribution in [0.3, 0.4) is 0 Å². The number of anilines is 1. The number of imidazole rings is 1. The average Bonchev–Trinajstić information content (AvgIpc) is 3.07. The van der Waals surface area contributed by atoms with E-state index >= 15 is 0 Å². The molecule has 4 nitrogen and oxygen atoms in total. The number of aromatic nitrogens is 2. The number of benzene rings is 2. The van der Waals surface area contributed by atoms with Gasteiger partial charge in [-0.05, 0) is 37.0 Å². The molecule has 0 saturated heterocycles. The highest BCUT2D eigenvalue weighted by atomic mass is 32.2. The molecule has 1 amide bonds. The second-order valence-corrected chi connectivity index (χ2v) is 7.86. The molecule has 5 heteroatoms. The summed E-state index contributed by atoms with van der Waals surface area (Å²) in [5.74, 6) is 0.541. The normalized spacial score (nSPS) is 13.5. The van der Waals surface area contributed by atoms with Crippen molar-refractivity contribution in [3.63, 3.8) is 0 Å². The summed E-state index contributed by atoms with van der Waals surface area (Å²) in [6.07, 6.45) is 3.95. The van der Waals surface area contributed by atoms with Gasteiger partial charge in [0.15, 0.2) is 5.16 Å². The predicted octanol–water partition coefficient (Wildman–Crippen LogP) is 4.47. The molecule has 0 unspecified atom stereocenters. The van der Waals surface area contributed by atoms with Gasteiger partial charge in [-0.3, -0.25) is 4.79 Å². The lowest BCUT2D eigenvalue weighted by molar-refractivity contribution is -0.116. The minimum atomic E-state index is 0.145. The molecule has 2 aromatic carbocycles. The highest BCUT2D eigenvalue weighted by Crippen LogP contribution is 2.29. The number of hydrogen-bond acceptors (Lipinski definition) is 3. The van der Waals surface area contributed by atoms with Crippen LogP contribution in [0.15, 0.2) is 59.9 Å². The Morgan fingerprint density at radius 3 is 2.74 bits per heavy atom. The lowest BCUT2D eigenvalue weighted by Gasteiger charge is -2.29. The van der Waals surface area contributed by atoms with Crippen LogP contribution in [0.25, 0.3) is 11.3 Å². The molecular formula is C22H23N3OS. The first kappa shape index (κ1) is 17.9. The van der Waals surface area contributed by atoms with E-state index in [1.807, 2.05) is 36.3 Å². The van der Waals surface area contributed by atoms with E-state index < -0.39 is 0 Å². The lowest BCUT2D eigenvalue weighted by atomic mass is 10.0. The number of carbonyl (C=O) groups is 1. The molecule has 0 bridgehead atoms. The van der Waals surface area contributed by atoms with E-state index in [9.17, 15) is 4.79 Å². The largest absolute Gasteiger partial charge is 0.322 e. The van der Waals surface area contributed by atoms with Gasteiger partial charge in [0.1, 0.15) is 0 Å². The number of amides is 1. The standard InChI is InChI=1S/C22H23N3OS/c1-16-9-11-18(12-10-16)20-14-23-22(24(20)2)27-15-21(26)25-13-5-7-17-6-3-4-8-19(17)25/h3-4,6,8-12,14H,5,7,13,15H2,1-2H3. The van der Waals surface area contributed by atoms with Crippen molar-refractivity contribution in [1.29, 1.82) is 0 Å². The first-order valence-electron chi connectivity index (χ1n) is 9.23. The molecule has 1 aliphatic heterocycles.